The van der Waals surface area contributed by atoms with Crippen LogP contribution in [0.25, 0.3) is 0 Å². The van der Waals surface area contributed by atoms with Crippen LogP contribution in [0.1, 0.15) is 2.85 Å². The van der Waals surface area contributed by atoms with Crippen LogP contribution < -0.4 is 6.15 Å². The molecule has 0 saturated carbocycles. The minimum atomic E-state index is -4.15. The minimum Gasteiger partial charge on any atom is -1.00 e. The fourth-order valence-electron chi connectivity index (χ4n) is 0. The summed E-state index contributed by atoms with van der Waals surface area (Å²) in [5.74, 6) is 0. The van der Waals surface area contributed by atoms with Gasteiger partial charge in [0.25, 0.3) is 0 Å². The third-order valence-corrected chi connectivity index (χ3v) is 0.714. The van der Waals surface area contributed by atoms with Crippen molar-refractivity contribution < 1.29 is 21.7 Å². The Morgan fingerprint density at radius 3 is 1.75 bits per heavy atom. The molecule has 0 unspecified atom stereocenters. The van der Waals surface area contributed by atoms with Crippen molar-refractivity contribution in [2.24, 2.45) is 0 Å². The number of rotatable bonds is 1. The zero-order valence-corrected chi connectivity index (χ0v) is 6.88. The van der Waals surface area contributed by atoms with Crippen molar-refractivity contribution in [2.45, 2.75) is 0 Å². The van der Waals surface area contributed by atoms with Crippen LogP contribution in [0.4, 0.5) is 0 Å². The summed E-state index contributed by atoms with van der Waals surface area (Å²) in [6.45, 7) is 0. The molecule has 0 aromatic rings. The van der Waals surface area contributed by atoms with E-state index in [1.165, 1.54) is 0 Å². The molecule has 0 amide bonds. The second kappa shape index (κ2) is 5.96. The van der Waals surface area contributed by atoms with Crippen LogP contribution in [0, 0.1) is 0 Å². The Labute approximate surface area is 66.4 Å². The third-order valence-electron chi connectivity index (χ3n) is 0.238. The van der Waals surface area contributed by atoms with Crippen molar-refractivity contribution in [2.75, 3.05) is 7.11 Å². The predicted octanol–water partition coefficient (Wildman–Crippen LogP) is -0.268. The third kappa shape index (κ3) is 15.8. The smallest absolute Gasteiger partial charge is 1.00 e. The largest absolute Gasteiger partial charge is 2.00 e. The Balaban J connectivity index is -0.0000000208. The molecule has 0 atom stereocenters. The summed E-state index contributed by atoms with van der Waals surface area (Å²) >= 11 is 0. The van der Waals surface area contributed by atoms with Gasteiger partial charge >= 0.3 is 30.9 Å². The second-order valence-corrected chi connectivity index (χ2v) is 2.02. The first kappa shape index (κ1) is 15.9. The summed E-state index contributed by atoms with van der Waals surface area (Å²) in [6, 6.07) is 0. The fraction of sp³-hybridized carbons (Fsp3) is 1.00. The maximum absolute atomic E-state index is 9.47. The van der Waals surface area contributed by atoms with Crippen LogP contribution in [-0.4, -0.2) is 39.9 Å². The Morgan fingerprint density at radius 2 is 1.75 bits per heavy atom. The Morgan fingerprint density at radius 1 is 1.62 bits per heavy atom. The fourth-order valence-corrected chi connectivity index (χ4v) is 0. The van der Waals surface area contributed by atoms with Crippen molar-refractivity contribution >= 4 is 30.9 Å². The van der Waals surface area contributed by atoms with Crippen molar-refractivity contribution in [3.8, 4) is 0 Å². The van der Waals surface area contributed by atoms with Gasteiger partial charge in [-0.3, -0.25) is 4.52 Å². The Kier molecular flexibility index (Phi) is 11.9. The Hall–Kier alpha value is 0.836. The van der Waals surface area contributed by atoms with Crippen LogP contribution in [0.2, 0.25) is 0 Å². The van der Waals surface area contributed by atoms with E-state index in [1.54, 1.807) is 0 Å². The van der Waals surface area contributed by atoms with E-state index in [9.17, 15) is 4.57 Å². The normalized spacial score (nSPS) is 8.88. The van der Waals surface area contributed by atoms with Gasteiger partial charge in [0, 0.05) is 7.11 Å². The van der Waals surface area contributed by atoms with Crippen molar-refractivity contribution in [1.29, 1.82) is 0 Å². The van der Waals surface area contributed by atoms with Crippen LogP contribution in [0.5, 0.6) is 0 Å². The summed E-state index contributed by atoms with van der Waals surface area (Å²) in [5, 5.41) is 0. The van der Waals surface area contributed by atoms with Crippen molar-refractivity contribution in [1.82, 2.24) is 6.15 Å². The molecule has 0 saturated heterocycles. The summed E-state index contributed by atoms with van der Waals surface area (Å²) in [6.07, 6.45) is 0. The van der Waals surface area contributed by atoms with Crippen molar-refractivity contribution in [3.63, 3.8) is 0 Å². The van der Waals surface area contributed by atoms with Gasteiger partial charge in [-0.05, 0) is 0 Å². The first-order chi connectivity index (χ1) is 2.56. The van der Waals surface area contributed by atoms with Gasteiger partial charge in [-0.25, -0.2) is 4.57 Å². The van der Waals surface area contributed by atoms with Crippen LogP contribution >= 0.6 is 7.82 Å². The molecule has 0 bridgehead atoms. The first-order valence-electron chi connectivity index (χ1n) is 1.17. The zero-order chi connectivity index (χ0) is 5.21. The SMILES string of the molecule is COP(=O)(O)O.N.[H-].[H-].[Mg+2]. The maximum Gasteiger partial charge on any atom is 2.00 e. The van der Waals surface area contributed by atoms with Crippen LogP contribution in [0.3, 0.4) is 0 Å². The van der Waals surface area contributed by atoms with Gasteiger partial charge in [-0.15, -0.1) is 0 Å². The Bertz CT molecular complexity index is 87.3. The van der Waals surface area contributed by atoms with Gasteiger partial charge in [0.1, 0.15) is 0 Å². The van der Waals surface area contributed by atoms with Gasteiger partial charge < -0.3 is 18.8 Å². The molecule has 0 fully saturated rings. The summed E-state index contributed by atoms with van der Waals surface area (Å²) < 4.78 is 13.1. The van der Waals surface area contributed by atoms with E-state index in [-0.39, 0.29) is 32.1 Å². The maximum atomic E-state index is 9.47. The van der Waals surface area contributed by atoms with E-state index >= 15 is 0 Å². The van der Waals surface area contributed by atoms with Gasteiger partial charge in [0.15, 0.2) is 0 Å². The standard InChI is InChI=1S/CH5O4P.Mg.H3N.2H/c1-5-6(2,3)4;;;;/h1H3,(H2,2,3,4);;1H3;;/q;+2;;2*-1. The molecular weight excluding hydrogens is 145 g/mol. The van der Waals surface area contributed by atoms with E-state index in [1.807, 2.05) is 0 Å². The molecule has 5 nitrogen and oxygen atoms in total. The van der Waals surface area contributed by atoms with Crippen molar-refractivity contribution in [3.05, 3.63) is 0 Å². The van der Waals surface area contributed by atoms with Gasteiger partial charge in [-0.1, -0.05) is 0 Å². The summed E-state index contributed by atoms with van der Waals surface area (Å²) in [4.78, 5) is 15.4. The molecule has 5 N–H and O–H groups in total. The summed E-state index contributed by atoms with van der Waals surface area (Å²) in [7, 11) is -3.20. The average Bonchev–Trinajstić information content (AvgIpc) is 1.35. The predicted molar refractivity (Wildman–Crippen MR) is 32.1 cm³/mol. The quantitative estimate of drug-likeness (QED) is 0.357. The molecule has 0 spiro atoms. The van der Waals surface area contributed by atoms with E-state index in [4.69, 9.17) is 9.79 Å². The van der Waals surface area contributed by atoms with Crippen LogP contribution in [0.15, 0.2) is 0 Å². The van der Waals surface area contributed by atoms with Gasteiger partial charge in [-0.2, -0.15) is 0 Å². The number of phosphoric ester groups is 1. The molecule has 0 aromatic carbocycles. The first-order valence-corrected chi connectivity index (χ1v) is 2.70. The number of hydrogen-bond donors (Lipinski definition) is 3. The molecule has 0 aliphatic heterocycles. The zero-order valence-electron chi connectivity index (χ0n) is 6.57. The number of hydrogen-bond acceptors (Lipinski definition) is 3. The molecule has 50 valence electrons. The van der Waals surface area contributed by atoms with E-state index in [2.05, 4.69) is 4.52 Å². The molecule has 8 heavy (non-hydrogen) atoms. The number of phosphoric acid groups is 1. The molecule has 0 aliphatic rings. The summed E-state index contributed by atoms with van der Waals surface area (Å²) in [5.41, 5.74) is 0. The molecule has 0 heterocycles. The molecule has 0 radical (unpaired) electrons. The average molecular weight is 155 g/mol. The molecule has 0 aliphatic carbocycles. The van der Waals surface area contributed by atoms with E-state index < -0.39 is 7.82 Å². The van der Waals surface area contributed by atoms with Gasteiger partial charge in [0.05, 0.1) is 0 Å². The monoisotopic (exact) mass is 155 g/mol. The topological polar surface area (TPSA) is 102 Å². The van der Waals surface area contributed by atoms with Crippen LogP contribution in [-0.2, 0) is 9.09 Å². The minimum absolute atomic E-state index is 0. The van der Waals surface area contributed by atoms with E-state index in [0.717, 1.165) is 7.11 Å². The van der Waals surface area contributed by atoms with E-state index in [0.29, 0.717) is 0 Å². The molecule has 0 aromatic heterocycles. The second-order valence-electron chi connectivity index (χ2n) is 0.673. The molecular formula is CH10MgNO4P. The van der Waals surface area contributed by atoms with Gasteiger partial charge in [0.2, 0.25) is 0 Å². The molecule has 7 heteroatoms. The molecule has 0 rings (SSSR count).